The molecule has 0 aliphatic rings. The number of ether oxygens (including phenoxy) is 1. The molecule has 5 aromatic heterocycles. The van der Waals surface area contributed by atoms with Crippen LogP contribution in [-0.2, 0) is 0 Å². The highest BCUT2D eigenvalue weighted by Gasteiger charge is 2.22. The van der Waals surface area contributed by atoms with Crippen LogP contribution in [0.4, 0.5) is 0 Å². The summed E-state index contributed by atoms with van der Waals surface area (Å²) in [5.74, 6) is 1.01. The molecule has 6 rings (SSSR count). The quantitative estimate of drug-likeness (QED) is 0.136. The smallest absolute Gasteiger partial charge is 0.272 e. The molecular formula is C32H31N7O4. The summed E-state index contributed by atoms with van der Waals surface area (Å²) >= 11 is 0. The van der Waals surface area contributed by atoms with Gasteiger partial charge in [-0.1, -0.05) is 25.0 Å². The summed E-state index contributed by atoms with van der Waals surface area (Å²) < 4.78 is 12.5. The van der Waals surface area contributed by atoms with Crippen LogP contribution in [0, 0.1) is 6.92 Å². The number of carbonyl (C=O) groups is 2. The molecule has 6 aromatic rings. The molecule has 1 amide bonds. The normalized spacial score (nSPS) is 12.0. The molecule has 0 spiro atoms. The second-order valence-corrected chi connectivity index (χ2v) is 10.4. The van der Waals surface area contributed by atoms with Gasteiger partial charge in [0.15, 0.2) is 5.69 Å². The van der Waals surface area contributed by atoms with E-state index < -0.39 is 6.04 Å². The Morgan fingerprint density at radius 3 is 2.81 bits per heavy atom. The first-order valence-electron chi connectivity index (χ1n) is 14.2. The predicted octanol–water partition coefficient (Wildman–Crippen LogP) is 5.88. The van der Waals surface area contributed by atoms with Crippen molar-refractivity contribution in [2.24, 2.45) is 0 Å². The van der Waals surface area contributed by atoms with Gasteiger partial charge < -0.3 is 19.5 Å². The number of fused-ring (bicyclic) bond motifs is 2. The van der Waals surface area contributed by atoms with Gasteiger partial charge in [0.1, 0.15) is 17.8 Å². The minimum atomic E-state index is -0.413. The standard InChI is InChI=1S/C32H31N7O4/c1-20-11-12-21-16-23(29(42-2)18-25(21)35-20)27-19-34-30(36-27)24(9-4-3-5-10-28(40)32-33-13-15-43-32)37-31(41)26-17-22-8-6-7-14-39(22)38-26/h6-8,11-19,24H,3-5,9-10H2,1-2H3,(H,34,36)(H,37,41). The van der Waals surface area contributed by atoms with Gasteiger partial charge in [-0.2, -0.15) is 5.10 Å². The van der Waals surface area contributed by atoms with Gasteiger partial charge in [-0.05, 0) is 50.1 Å². The van der Waals surface area contributed by atoms with E-state index in [1.165, 1.54) is 12.5 Å². The van der Waals surface area contributed by atoms with Gasteiger partial charge in [0.05, 0.1) is 42.3 Å². The number of rotatable bonds is 12. The molecule has 218 valence electrons. The molecule has 0 aliphatic heterocycles. The average molecular weight is 578 g/mol. The van der Waals surface area contributed by atoms with Crippen LogP contribution in [-0.4, -0.2) is 48.4 Å². The van der Waals surface area contributed by atoms with Crippen molar-refractivity contribution in [3.8, 4) is 17.0 Å². The number of imidazole rings is 1. The molecule has 0 radical (unpaired) electrons. The Hall–Kier alpha value is -5.32. The number of nitrogens with zero attached hydrogens (tertiary/aromatic N) is 5. The number of H-pyrrole nitrogens is 1. The van der Waals surface area contributed by atoms with Gasteiger partial charge in [-0.25, -0.2) is 14.5 Å². The van der Waals surface area contributed by atoms with Gasteiger partial charge in [0.2, 0.25) is 5.78 Å². The first-order valence-corrected chi connectivity index (χ1v) is 14.2. The Labute approximate surface area is 247 Å². The van der Waals surface area contributed by atoms with Crippen LogP contribution in [0.15, 0.2) is 77.8 Å². The highest BCUT2D eigenvalue weighted by atomic mass is 16.5. The number of Topliss-reactive ketones (excluding diaryl/α,β-unsaturated/α-hetero) is 1. The van der Waals surface area contributed by atoms with Crippen molar-refractivity contribution in [3.63, 3.8) is 0 Å². The molecule has 1 aromatic carbocycles. The number of benzene rings is 1. The van der Waals surface area contributed by atoms with Crippen molar-refractivity contribution in [3.05, 3.63) is 96.5 Å². The van der Waals surface area contributed by atoms with E-state index in [1.807, 2.05) is 49.4 Å². The maximum Gasteiger partial charge on any atom is 0.272 e. The zero-order chi connectivity index (χ0) is 29.8. The lowest BCUT2D eigenvalue weighted by molar-refractivity contribution is 0.0926. The van der Waals surface area contributed by atoms with E-state index in [9.17, 15) is 9.59 Å². The summed E-state index contributed by atoms with van der Waals surface area (Å²) in [6.07, 6.45) is 9.59. The SMILES string of the molecule is COc1cc2nc(C)ccc2cc1-c1cnc(C(CCCCCC(=O)c2ncco2)NC(=O)c2cc3ccccn3n2)[nH]1. The number of unbranched alkanes of at least 4 members (excludes halogenated alkanes) is 2. The molecule has 11 heteroatoms. The van der Waals surface area contributed by atoms with Crippen LogP contribution in [0.3, 0.4) is 0 Å². The van der Waals surface area contributed by atoms with Crippen molar-refractivity contribution in [1.29, 1.82) is 0 Å². The molecular weight excluding hydrogens is 546 g/mol. The van der Waals surface area contributed by atoms with Crippen molar-refractivity contribution >= 4 is 28.1 Å². The fraction of sp³-hybridized carbons (Fsp3) is 0.250. The zero-order valence-electron chi connectivity index (χ0n) is 23.9. The maximum absolute atomic E-state index is 13.3. The molecule has 11 nitrogen and oxygen atoms in total. The van der Waals surface area contributed by atoms with Crippen LogP contribution < -0.4 is 10.1 Å². The van der Waals surface area contributed by atoms with Crippen molar-refractivity contribution in [2.75, 3.05) is 7.11 Å². The van der Waals surface area contributed by atoms with E-state index in [-0.39, 0.29) is 17.6 Å². The van der Waals surface area contributed by atoms with Crippen molar-refractivity contribution in [2.45, 2.75) is 45.1 Å². The van der Waals surface area contributed by atoms with Crippen LogP contribution in [0.5, 0.6) is 5.75 Å². The molecule has 43 heavy (non-hydrogen) atoms. The third-order valence-corrected chi connectivity index (χ3v) is 7.34. The molecule has 0 saturated heterocycles. The van der Waals surface area contributed by atoms with E-state index in [4.69, 9.17) is 9.15 Å². The summed E-state index contributed by atoms with van der Waals surface area (Å²) in [5.41, 5.74) is 4.52. The molecule has 0 aliphatic carbocycles. The fourth-order valence-corrected chi connectivity index (χ4v) is 5.12. The van der Waals surface area contributed by atoms with Gasteiger partial charge >= 0.3 is 0 Å². The minimum absolute atomic E-state index is 0.118. The molecule has 1 atom stereocenters. The molecule has 1 unspecified atom stereocenters. The van der Waals surface area contributed by atoms with Gasteiger partial charge in [-0.15, -0.1) is 0 Å². The predicted molar refractivity (Wildman–Crippen MR) is 160 cm³/mol. The third kappa shape index (κ3) is 6.15. The van der Waals surface area contributed by atoms with Crippen LogP contribution >= 0.6 is 0 Å². The van der Waals surface area contributed by atoms with Gasteiger partial charge in [-0.3, -0.25) is 14.6 Å². The maximum atomic E-state index is 13.3. The Bertz CT molecular complexity index is 1860. The number of hydrogen-bond donors (Lipinski definition) is 2. The highest BCUT2D eigenvalue weighted by molar-refractivity contribution is 5.94. The second kappa shape index (κ2) is 12.3. The lowest BCUT2D eigenvalue weighted by atomic mass is 10.0. The number of methoxy groups -OCH3 is 1. The van der Waals surface area contributed by atoms with E-state index >= 15 is 0 Å². The fourth-order valence-electron chi connectivity index (χ4n) is 5.12. The van der Waals surface area contributed by atoms with Crippen LogP contribution in [0.1, 0.15) is 70.8 Å². The lowest BCUT2D eigenvalue weighted by Crippen LogP contribution is -2.29. The number of ketones is 1. The molecule has 0 saturated carbocycles. The van der Waals surface area contributed by atoms with Crippen molar-refractivity contribution < 1.29 is 18.7 Å². The second-order valence-electron chi connectivity index (χ2n) is 10.4. The molecule has 2 N–H and O–H groups in total. The van der Waals surface area contributed by atoms with Crippen LogP contribution in [0.25, 0.3) is 27.7 Å². The Morgan fingerprint density at radius 2 is 2.00 bits per heavy atom. The zero-order valence-corrected chi connectivity index (χ0v) is 23.9. The highest BCUT2D eigenvalue weighted by Crippen LogP contribution is 2.34. The lowest BCUT2D eigenvalue weighted by Gasteiger charge is -2.16. The monoisotopic (exact) mass is 577 g/mol. The number of aryl methyl sites for hydroxylation is 1. The molecule has 0 bridgehead atoms. The topological polar surface area (TPSA) is 140 Å². The number of aromatic amines is 1. The van der Waals surface area contributed by atoms with E-state index in [0.717, 1.165) is 46.2 Å². The third-order valence-electron chi connectivity index (χ3n) is 7.34. The first kappa shape index (κ1) is 27.8. The summed E-state index contributed by atoms with van der Waals surface area (Å²) in [4.78, 5) is 42.2. The average Bonchev–Trinajstić information content (AvgIpc) is 3.80. The van der Waals surface area contributed by atoms with Crippen LogP contribution in [0.2, 0.25) is 0 Å². The summed E-state index contributed by atoms with van der Waals surface area (Å²) in [5, 5.41) is 8.52. The number of aromatic nitrogens is 6. The van der Waals surface area contributed by atoms with Gasteiger partial charge in [0.25, 0.3) is 11.8 Å². The Morgan fingerprint density at radius 1 is 1.09 bits per heavy atom. The van der Waals surface area contributed by atoms with Gasteiger partial charge in [0, 0.05) is 35.3 Å². The summed E-state index contributed by atoms with van der Waals surface area (Å²) in [6, 6.07) is 14.9. The largest absolute Gasteiger partial charge is 0.496 e. The Balaban J connectivity index is 1.21. The van der Waals surface area contributed by atoms with E-state index in [2.05, 4.69) is 30.4 Å². The minimum Gasteiger partial charge on any atom is -0.496 e. The summed E-state index contributed by atoms with van der Waals surface area (Å²) in [7, 11) is 1.63. The Kier molecular flexibility index (Phi) is 7.94. The number of hydrogen-bond acceptors (Lipinski definition) is 8. The number of carbonyl (C=O) groups excluding carboxylic acids is 2. The summed E-state index contributed by atoms with van der Waals surface area (Å²) in [6.45, 7) is 1.95. The van der Waals surface area contributed by atoms with E-state index in [0.29, 0.717) is 36.5 Å². The molecule has 0 fully saturated rings. The van der Waals surface area contributed by atoms with E-state index in [1.54, 1.807) is 30.1 Å². The van der Waals surface area contributed by atoms with Crippen molar-refractivity contribution in [1.82, 2.24) is 34.9 Å². The number of oxazole rings is 1. The number of nitrogens with one attached hydrogen (secondary N) is 2. The number of amides is 1. The first-order chi connectivity index (χ1) is 21.0. The number of pyridine rings is 2. The molecule has 5 heterocycles.